The molecule has 6 aromatic rings. The van der Waals surface area contributed by atoms with E-state index in [1.807, 2.05) is 12.4 Å². The molecule has 2 N–H and O–H groups in total. The lowest BCUT2D eigenvalue weighted by Crippen LogP contribution is -2.65. The minimum Gasteiger partial charge on any atom is -0.453 e. The number of ether oxygens (including phenoxy) is 2. The van der Waals surface area contributed by atoms with Crippen LogP contribution in [0.25, 0.3) is 44.1 Å². The van der Waals surface area contributed by atoms with Crippen LogP contribution in [0.1, 0.15) is 6.42 Å². The number of benzene rings is 4. The molecule has 42 heavy (non-hydrogen) atoms. The van der Waals surface area contributed by atoms with Crippen LogP contribution in [0, 0.1) is 5.41 Å². The monoisotopic (exact) mass is 554 g/mol. The fourth-order valence-corrected chi connectivity index (χ4v) is 6.82. The average molecular weight is 555 g/mol. The topological polar surface area (TPSA) is 82.3 Å². The van der Waals surface area contributed by atoms with Crippen LogP contribution in [0.5, 0.6) is 11.5 Å². The Morgan fingerprint density at radius 1 is 0.667 bits per heavy atom. The molecule has 3 aliphatic rings. The van der Waals surface area contributed by atoms with Crippen molar-refractivity contribution < 1.29 is 9.47 Å². The fourth-order valence-electron chi connectivity index (χ4n) is 6.82. The van der Waals surface area contributed by atoms with Gasteiger partial charge < -0.3 is 19.3 Å². The highest BCUT2D eigenvalue weighted by Gasteiger charge is 2.48. The zero-order valence-electron chi connectivity index (χ0n) is 23.1. The molecule has 0 saturated carbocycles. The maximum absolute atomic E-state index is 6.68. The molecule has 2 aromatic heterocycles. The van der Waals surface area contributed by atoms with Gasteiger partial charge in [-0.15, -0.1) is 0 Å². The lowest BCUT2D eigenvalue weighted by atomic mass is 9.78. The Balaban J connectivity index is 1.05. The normalized spacial score (nSPS) is 17.1. The Kier molecular flexibility index (Phi) is 5.24. The summed E-state index contributed by atoms with van der Waals surface area (Å²) < 4.78 is 12.1. The van der Waals surface area contributed by atoms with Gasteiger partial charge in [0.15, 0.2) is 11.5 Å². The molecule has 4 aromatic carbocycles. The molecular formula is C34H30N6O2. The Labute approximate surface area is 242 Å². The summed E-state index contributed by atoms with van der Waals surface area (Å²) in [5.74, 6) is 1.76. The van der Waals surface area contributed by atoms with E-state index in [0.717, 1.165) is 113 Å². The second-order valence-electron chi connectivity index (χ2n) is 12.0. The number of fused-ring (bicyclic) bond motifs is 4. The number of aromatic amines is 2. The van der Waals surface area contributed by atoms with Crippen molar-refractivity contribution in [1.29, 1.82) is 0 Å². The van der Waals surface area contributed by atoms with Gasteiger partial charge >= 0.3 is 0 Å². The highest BCUT2D eigenvalue weighted by molar-refractivity contribution is 5.88. The molecule has 0 amide bonds. The van der Waals surface area contributed by atoms with Gasteiger partial charge in [0.1, 0.15) is 0 Å². The van der Waals surface area contributed by atoms with E-state index < -0.39 is 0 Å². The van der Waals surface area contributed by atoms with E-state index in [-0.39, 0.29) is 0 Å². The van der Waals surface area contributed by atoms with Crippen LogP contribution in [-0.2, 0) is 4.74 Å². The summed E-state index contributed by atoms with van der Waals surface area (Å²) in [6.07, 6.45) is 4.81. The van der Waals surface area contributed by atoms with Crippen LogP contribution in [0.2, 0.25) is 0 Å². The molecule has 208 valence electrons. The maximum atomic E-state index is 6.68. The number of rotatable bonds is 6. The Hall–Kier alpha value is -4.66. The third kappa shape index (κ3) is 3.90. The smallest absolute Gasteiger partial charge is 0.151 e. The number of anilines is 2. The zero-order valence-corrected chi connectivity index (χ0v) is 23.1. The van der Waals surface area contributed by atoms with E-state index in [4.69, 9.17) is 9.47 Å². The van der Waals surface area contributed by atoms with Gasteiger partial charge in [0, 0.05) is 35.8 Å². The van der Waals surface area contributed by atoms with Crippen LogP contribution in [-0.4, -0.2) is 64.7 Å². The first-order chi connectivity index (χ1) is 20.7. The Morgan fingerprint density at radius 2 is 1.21 bits per heavy atom. The molecule has 2 saturated heterocycles. The van der Waals surface area contributed by atoms with Crippen molar-refractivity contribution in [3.63, 3.8) is 0 Å². The molecule has 3 aliphatic heterocycles. The van der Waals surface area contributed by atoms with Crippen molar-refractivity contribution in [1.82, 2.24) is 25.3 Å². The van der Waals surface area contributed by atoms with Gasteiger partial charge in [0.05, 0.1) is 48.0 Å². The zero-order chi connectivity index (χ0) is 27.7. The van der Waals surface area contributed by atoms with E-state index in [1.165, 1.54) is 0 Å². The number of likely N-dealkylation sites (tertiary alicyclic amines) is 1. The van der Waals surface area contributed by atoms with Crippen LogP contribution >= 0.6 is 0 Å². The molecule has 5 heterocycles. The van der Waals surface area contributed by atoms with Crippen LogP contribution in [0.4, 0.5) is 11.4 Å². The van der Waals surface area contributed by atoms with Crippen LogP contribution < -0.4 is 9.64 Å². The third-order valence-corrected chi connectivity index (χ3v) is 9.06. The molecule has 0 atom stereocenters. The molecular weight excluding hydrogens is 524 g/mol. The van der Waals surface area contributed by atoms with E-state index in [0.29, 0.717) is 5.41 Å². The molecule has 1 spiro atoms. The number of nitrogens with zero attached hydrogens (tertiary/aromatic N) is 4. The Bertz CT molecular complexity index is 1840. The maximum Gasteiger partial charge on any atom is 0.151 e. The number of nitrogens with one attached hydrogen (secondary N) is 2. The first-order valence-corrected chi connectivity index (χ1v) is 14.6. The molecule has 8 heteroatoms. The second kappa shape index (κ2) is 9.17. The van der Waals surface area contributed by atoms with Gasteiger partial charge in [-0.3, -0.25) is 10.2 Å². The second-order valence-corrected chi connectivity index (χ2v) is 12.0. The van der Waals surface area contributed by atoms with Crippen LogP contribution in [0.3, 0.4) is 0 Å². The summed E-state index contributed by atoms with van der Waals surface area (Å²) in [4.78, 5) is 5.00. The highest BCUT2D eigenvalue weighted by atomic mass is 16.5. The third-order valence-electron chi connectivity index (χ3n) is 9.06. The quantitative estimate of drug-likeness (QED) is 0.237. The summed E-state index contributed by atoms with van der Waals surface area (Å²) in [6, 6.07) is 25.9. The number of H-pyrrole nitrogens is 2. The molecule has 0 aliphatic carbocycles. The summed E-state index contributed by atoms with van der Waals surface area (Å²) >= 11 is 0. The lowest BCUT2D eigenvalue weighted by molar-refractivity contribution is -0.188. The largest absolute Gasteiger partial charge is 0.453 e. The van der Waals surface area contributed by atoms with Gasteiger partial charge in [0.25, 0.3) is 0 Å². The van der Waals surface area contributed by atoms with Crippen molar-refractivity contribution >= 4 is 33.2 Å². The molecule has 0 bridgehead atoms. The predicted molar refractivity (Wildman–Crippen MR) is 164 cm³/mol. The van der Waals surface area contributed by atoms with Gasteiger partial charge in [-0.2, -0.15) is 10.2 Å². The van der Waals surface area contributed by atoms with Gasteiger partial charge in [0.2, 0.25) is 0 Å². The highest BCUT2D eigenvalue weighted by Crippen LogP contribution is 2.49. The van der Waals surface area contributed by atoms with Crippen molar-refractivity contribution in [3.8, 4) is 33.8 Å². The number of hydrogen-bond acceptors (Lipinski definition) is 6. The van der Waals surface area contributed by atoms with Gasteiger partial charge in [-0.1, -0.05) is 24.3 Å². The Morgan fingerprint density at radius 3 is 1.76 bits per heavy atom. The van der Waals surface area contributed by atoms with Crippen molar-refractivity contribution in [2.24, 2.45) is 5.41 Å². The molecule has 2 fully saturated rings. The predicted octanol–water partition coefficient (Wildman–Crippen LogP) is 6.74. The molecule has 9 rings (SSSR count). The van der Waals surface area contributed by atoms with E-state index in [1.54, 1.807) is 0 Å². The summed E-state index contributed by atoms with van der Waals surface area (Å²) in [6.45, 7) is 6.20. The first-order valence-electron chi connectivity index (χ1n) is 14.6. The van der Waals surface area contributed by atoms with E-state index in [9.17, 15) is 0 Å². The minimum atomic E-state index is 0.448. The number of aromatic nitrogens is 4. The molecule has 0 unspecified atom stereocenters. The molecule has 0 radical (unpaired) electrons. The van der Waals surface area contributed by atoms with Crippen molar-refractivity contribution in [3.05, 3.63) is 85.2 Å². The van der Waals surface area contributed by atoms with Crippen molar-refractivity contribution in [2.75, 3.05) is 44.3 Å². The summed E-state index contributed by atoms with van der Waals surface area (Å²) in [5, 5.41) is 16.6. The molecule has 8 nitrogen and oxygen atoms in total. The van der Waals surface area contributed by atoms with E-state index >= 15 is 0 Å². The lowest BCUT2D eigenvalue weighted by Gasteiger charge is -2.55. The van der Waals surface area contributed by atoms with Gasteiger partial charge in [-0.25, -0.2) is 0 Å². The average Bonchev–Trinajstić information content (AvgIpc) is 3.65. The summed E-state index contributed by atoms with van der Waals surface area (Å²) in [5.41, 5.74) is 9.25. The standard InChI is InChI=1S/C34H30N6O2/c1(10-39-18-34(19-39)20-41-21-34)11-40-30-8-4-24(22-2-6-28-26(12-22)16-35-37-28)14-32(30)42-33-15-25(5-9-31(33)40)23-3-7-29-27(13-23)17-36-38-29/h2-9,12-17H,1,10-11,18-21H2,(H,35,37)(H,36,38). The van der Waals surface area contributed by atoms with Crippen molar-refractivity contribution in [2.45, 2.75) is 6.42 Å². The first kappa shape index (κ1) is 24.0. The SMILES string of the molecule is c1cc2c(cc1-c1ccc3[nH]ncc3c1)Oc1cc(-c3ccc4[nH]ncc4c3)ccc1N2CCCN1CC2(COC2)C1. The fraction of sp³-hybridized carbons (Fsp3) is 0.235. The van der Waals surface area contributed by atoms with E-state index in [2.05, 4.69) is 103 Å². The minimum absolute atomic E-state index is 0.448. The van der Waals surface area contributed by atoms with Gasteiger partial charge in [-0.05, 0) is 83.8 Å². The number of hydrogen-bond donors (Lipinski definition) is 2. The van der Waals surface area contributed by atoms with Crippen LogP contribution in [0.15, 0.2) is 85.2 Å². The summed E-state index contributed by atoms with van der Waals surface area (Å²) in [7, 11) is 0.